The highest BCUT2D eigenvalue weighted by atomic mass is 19.1. The van der Waals surface area contributed by atoms with Crippen molar-refractivity contribution in [1.82, 2.24) is 4.90 Å². The number of nitrogens with two attached hydrogens (primary N) is 1. The molecular formula is C18H19FN2. The van der Waals surface area contributed by atoms with Gasteiger partial charge in [0.15, 0.2) is 0 Å². The summed E-state index contributed by atoms with van der Waals surface area (Å²) in [5, 5.41) is 0. The minimum absolute atomic E-state index is 0.0448. The quantitative estimate of drug-likeness (QED) is 0.812. The Morgan fingerprint density at radius 2 is 1.90 bits per heavy atom. The summed E-state index contributed by atoms with van der Waals surface area (Å²) in [4.78, 5) is 2.48. The average Bonchev–Trinajstić information content (AvgIpc) is 2.92. The SMILES string of the molecule is Nc1cccc2c1CCN(C1CCc3c(F)cccc31)C2. The molecule has 21 heavy (non-hydrogen) atoms. The average molecular weight is 282 g/mol. The van der Waals surface area contributed by atoms with Crippen molar-refractivity contribution >= 4 is 5.69 Å². The van der Waals surface area contributed by atoms with E-state index in [0.717, 1.165) is 43.6 Å². The number of nitrogens with zero attached hydrogens (tertiary/aromatic N) is 1. The van der Waals surface area contributed by atoms with Crippen LogP contribution < -0.4 is 5.73 Å². The molecule has 1 atom stereocenters. The summed E-state index contributed by atoms with van der Waals surface area (Å²) in [6.45, 7) is 1.92. The Bertz CT molecular complexity index is 696. The molecule has 2 nitrogen and oxygen atoms in total. The van der Waals surface area contributed by atoms with Gasteiger partial charge in [-0.25, -0.2) is 4.39 Å². The summed E-state index contributed by atoms with van der Waals surface area (Å²) in [6.07, 6.45) is 2.87. The number of fused-ring (bicyclic) bond motifs is 2. The molecule has 0 saturated carbocycles. The Hall–Kier alpha value is -1.87. The van der Waals surface area contributed by atoms with Crippen LogP contribution in [-0.2, 0) is 19.4 Å². The van der Waals surface area contributed by atoms with Crippen LogP contribution in [0, 0.1) is 5.82 Å². The van der Waals surface area contributed by atoms with Crippen molar-refractivity contribution in [2.24, 2.45) is 0 Å². The predicted molar refractivity (Wildman–Crippen MR) is 82.4 cm³/mol. The molecular weight excluding hydrogens is 263 g/mol. The third kappa shape index (κ3) is 2.04. The molecule has 0 spiro atoms. The molecule has 0 saturated heterocycles. The lowest BCUT2D eigenvalue weighted by Crippen LogP contribution is -2.33. The molecule has 2 aliphatic rings. The summed E-state index contributed by atoms with van der Waals surface area (Å²) < 4.78 is 13.9. The lowest BCUT2D eigenvalue weighted by atomic mass is 9.95. The molecule has 4 rings (SSSR count). The number of hydrogen-bond donors (Lipinski definition) is 1. The third-order valence-corrected chi connectivity index (χ3v) is 4.95. The van der Waals surface area contributed by atoms with Crippen LogP contribution in [-0.4, -0.2) is 11.4 Å². The normalized spacial score (nSPS) is 21.1. The molecule has 2 N–H and O–H groups in total. The summed E-state index contributed by atoms with van der Waals surface area (Å²) in [5.74, 6) is -0.0448. The molecule has 0 aromatic heterocycles. The first kappa shape index (κ1) is 12.8. The Labute approximate surface area is 124 Å². The number of nitrogen functional groups attached to an aromatic ring is 1. The van der Waals surface area contributed by atoms with Gasteiger partial charge in [-0.1, -0.05) is 24.3 Å². The largest absolute Gasteiger partial charge is 0.398 e. The van der Waals surface area contributed by atoms with E-state index in [1.165, 1.54) is 16.7 Å². The first-order chi connectivity index (χ1) is 10.2. The van der Waals surface area contributed by atoms with Crippen LogP contribution in [0.3, 0.4) is 0 Å². The van der Waals surface area contributed by atoms with Gasteiger partial charge in [0.05, 0.1) is 0 Å². The Kier molecular flexibility index (Phi) is 2.96. The molecule has 3 heteroatoms. The van der Waals surface area contributed by atoms with Crippen LogP contribution in [0.1, 0.15) is 34.7 Å². The monoisotopic (exact) mass is 282 g/mol. The molecule has 0 fully saturated rings. The minimum atomic E-state index is -0.0448. The smallest absolute Gasteiger partial charge is 0.126 e. The molecule has 0 bridgehead atoms. The maximum atomic E-state index is 13.9. The maximum absolute atomic E-state index is 13.9. The first-order valence-corrected chi connectivity index (χ1v) is 7.61. The van der Waals surface area contributed by atoms with E-state index in [-0.39, 0.29) is 5.82 Å². The van der Waals surface area contributed by atoms with Gasteiger partial charge in [-0.3, -0.25) is 4.90 Å². The van der Waals surface area contributed by atoms with Gasteiger partial charge in [-0.05, 0) is 53.6 Å². The van der Waals surface area contributed by atoms with Crippen molar-refractivity contribution in [3.05, 3.63) is 64.5 Å². The second-order valence-electron chi connectivity index (χ2n) is 6.07. The fourth-order valence-electron chi connectivity index (χ4n) is 3.89. The molecule has 2 aromatic rings. The van der Waals surface area contributed by atoms with Gasteiger partial charge in [-0.15, -0.1) is 0 Å². The van der Waals surface area contributed by atoms with E-state index >= 15 is 0 Å². The number of hydrogen-bond acceptors (Lipinski definition) is 2. The predicted octanol–water partition coefficient (Wildman–Crippen LogP) is 3.45. The molecule has 1 aliphatic heterocycles. The van der Waals surface area contributed by atoms with Crippen LogP contribution in [0.15, 0.2) is 36.4 Å². The van der Waals surface area contributed by atoms with Gasteiger partial charge < -0.3 is 5.73 Å². The molecule has 108 valence electrons. The Balaban J connectivity index is 1.65. The molecule has 0 amide bonds. The lowest BCUT2D eigenvalue weighted by Gasteiger charge is -2.34. The van der Waals surface area contributed by atoms with E-state index < -0.39 is 0 Å². The van der Waals surface area contributed by atoms with Gasteiger partial charge in [0.25, 0.3) is 0 Å². The second-order valence-corrected chi connectivity index (χ2v) is 6.07. The highest BCUT2D eigenvalue weighted by Gasteiger charge is 2.31. The zero-order valence-electron chi connectivity index (χ0n) is 12.0. The van der Waals surface area contributed by atoms with Crippen LogP contribution in [0.25, 0.3) is 0 Å². The van der Waals surface area contributed by atoms with Gasteiger partial charge in [0.2, 0.25) is 0 Å². The van der Waals surface area contributed by atoms with Crippen LogP contribution in [0.5, 0.6) is 0 Å². The van der Waals surface area contributed by atoms with Gasteiger partial charge in [-0.2, -0.15) is 0 Å². The van der Waals surface area contributed by atoms with Crippen molar-refractivity contribution in [3.63, 3.8) is 0 Å². The third-order valence-electron chi connectivity index (χ3n) is 4.95. The fraction of sp³-hybridized carbons (Fsp3) is 0.333. The fourth-order valence-corrected chi connectivity index (χ4v) is 3.89. The standard InChI is InChI=1S/C18H19FN2/c19-16-5-2-4-15-14(16)7-8-18(15)21-10-9-13-12(11-21)3-1-6-17(13)20/h1-6,18H,7-11,20H2. The van der Waals surface area contributed by atoms with Crippen molar-refractivity contribution in [2.45, 2.75) is 31.8 Å². The lowest BCUT2D eigenvalue weighted by molar-refractivity contribution is 0.179. The van der Waals surface area contributed by atoms with Crippen molar-refractivity contribution < 1.29 is 4.39 Å². The summed E-state index contributed by atoms with van der Waals surface area (Å²) in [7, 11) is 0. The second kappa shape index (κ2) is 4.85. The molecule has 2 aromatic carbocycles. The van der Waals surface area contributed by atoms with Crippen LogP contribution in [0.4, 0.5) is 10.1 Å². The van der Waals surface area contributed by atoms with Crippen LogP contribution in [0.2, 0.25) is 0 Å². The van der Waals surface area contributed by atoms with Crippen molar-refractivity contribution in [3.8, 4) is 0 Å². The summed E-state index contributed by atoms with van der Waals surface area (Å²) in [6, 6.07) is 12.0. The number of halogens is 1. The van der Waals surface area contributed by atoms with E-state index in [9.17, 15) is 4.39 Å². The minimum Gasteiger partial charge on any atom is -0.398 e. The number of anilines is 1. The number of rotatable bonds is 1. The summed E-state index contributed by atoms with van der Waals surface area (Å²) in [5.41, 5.74) is 11.7. The van der Waals surface area contributed by atoms with Crippen molar-refractivity contribution in [2.75, 3.05) is 12.3 Å². The molecule has 1 aliphatic carbocycles. The molecule has 1 heterocycles. The zero-order valence-corrected chi connectivity index (χ0v) is 12.0. The van der Waals surface area contributed by atoms with E-state index in [1.54, 1.807) is 6.07 Å². The van der Waals surface area contributed by atoms with E-state index in [1.807, 2.05) is 18.2 Å². The van der Waals surface area contributed by atoms with Gasteiger partial charge in [0.1, 0.15) is 5.82 Å². The highest BCUT2D eigenvalue weighted by molar-refractivity contribution is 5.52. The maximum Gasteiger partial charge on any atom is 0.126 e. The molecule has 1 unspecified atom stereocenters. The zero-order chi connectivity index (χ0) is 14.4. The summed E-state index contributed by atoms with van der Waals surface area (Å²) >= 11 is 0. The Morgan fingerprint density at radius 1 is 1.05 bits per heavy atom. The highest BCUT2D eigenvalue weighted by Crippen LogP contribution is 2.39. The Morgan fingerprint density at radius 3 is 2.81 bits per heavy atom. The molecule has 0 radical (unpaired) electrons. The van der Waals surface area contributed by atoms with Crippen LogP contribution >= 0.6 is 0 Å². The van der Waals surface area contributed by atoms with Crippen molar-refractivity contribution in [1.29, 1.82) is 0 Å². The van der Waals surface area contributed by atoms with Gasteiger partial charge in [0, 0.05) is 24.8 Å². The van der Waals surface area contributed by atoms with E-state index in [0.29, 0.717) is 6.04 Å². The number of benzene rings is 2. The van der Waals surface area contributed by atoms with E-state index in [4.69, 9.17) is 5.73 Å². The topological polar surface area (TPSA) is 29.3 Å². The van der Waals surface area contributed by atoms with E-state index in [2.05, 4.69) is 17.0 Å². The first-order valence-electron chi connectivity index (χ1n) is 7.61. The van der Waals surface area contributed by atoms with Gasteiger partial charge >= 0.3 is 0 Å².